The fourth-order valence-corrected chi connectivity index (χ4v) is 2.76. The van der Waals surface area contributed by atoms with Crippen molar-refractivity contribution >= 4 is 18.1 Å². The van der Waals surface area contributed by atoms with Gasteiger partial charge in [0.1, 0.15) is 0 Å². The molecule has 2 N–H and O–H groups in total. The highest BCUT2D eigenvalue weighted by Gasteiger charge is 2.13. The summed E-state index contributed by atoms with van der Waals surface area (Å²) in [5, 5.41) is 11.2. The highest BCUT2D eigenvalue weighted by Crippen LogP contribution is 2.12. The van der Waals surface area contributed by atoms with Crippen molar-refractivity contribution in [2.45, 2.75) is 33.9 Å². The lowest BCUT2D eigenvalue weighted by molar-refractivity contribution is -0.895. The Hall–Kier alpha value is -2.06. The number of quaternary nitrogens is 1. The van der Waals surface area contributed by atoms with Gasteiger partial charge in [0.05, 0.1) is 12.7 Å². The van der Waals surface area contributed by atoms with E-state index in [-0.39, 0.29) is 5.91 Å². The minimum atomic E-state index is 0.0302. The molecule has 0 aliphatic carbocycles. The van der Waals surface area contributed by atoms with Gasteiger partial charge >= 0.3 is 0 Å². The molecule has 1 amide bonds. The predicted octanol–water partition coefficient (Wildman–Crippen LogP) is 0.414. The van der Waals surface area contributed by atoms with Gasteiger partial charge in [0.2, 0.25) is 4.77 Å². The third-order valence-corrected chi connectivity index (χ3v) is 3.93. The maximum atomic E-state index is 11.8. The quantitative estimate of drug-likeness (QED) is 0.711. The van der Waals surface area contributed by atoms with E-state index < -0.39 is 0 Å². The standard InChI is InChI=1S/C16H24N6OS/c1-5-6-17-15(23)10-20(4)11-21-16(24)22(19-18-21)14-8-12(2)7-13(3)9-14/h7-9H,5-6,10-11H2,1-4H3,(H,17,23)/p+1. The van der Waals surface area contributed by atoms with E-state index in [0.29, 0.717) is 24.5 Å². The number of benzene rings is 1. The summed E-state index contributed by atoms with van der Waals surface area (Å²) in [7, 11) is 1.93. The van der Waals surface area contributed by atoms with Crippen LogP contribution in [0.15, 0.2) is 18.2 Å². The van der Waals surface area contributed by atoms with E-state index in [1.165, 1.54) is 0 Å². The molecule has 0 spiro atoms. The van der Waals surface area contributed by atoms with Gasteiger partial charge in [-0.05, 0) is 66.2 Å². The minimum Gasteiger partial charge on any atom is -0.351 e. The first kappa shape index (κ1) is 18.3. The second kappa shape index (κ2) is 8.16. The van der Waals surface area contributed by atoms with Crippen molar-refractivity contribution in [1.29, 1.82) is 0 Å². The first-order chi connectivity index (χ1) is 11.4. The fourth-order valence-electron chi connectivity index (χ4n) is 2.52. The minimum absolute atomic E-state index is 0.0302. The number of carbonyl (C=O) groups excluding carboxylic acids is 1. The predicted molar refractivity (Wildman–Crippen MR) is 94.7 cm³/mol. The van der Waals surface area contributed by atoms with Crippen LogP contribution in [0, 0.1) is 18.6 Å². The lowest BCUT2D eigenvalue weighted by atomic mass is 10.1. The summed E-state index contributed by atoms with van der Waals surface area (Å²) in [6.07, 6.45) is 0.931. The Morgan fingerprint density at radius 3 is 2.54 bits per heavy atom. The van der Waals surface area contributed by atoms with Crippen LogP contribution < -0.4 is 10.2 Å². The summed E-state index contributed by atoms with van der Waals surface area (Å²) in [6, 6.07) is 6.15. The highest BCUT2D eigenvalue weighted by molar-refractivity contribution is 7.71. The van der Waals surface area contributed by atoms with Gasteiger partial charge in [0.15, 0.2) is 13.2 Å². The van der Waals surface area contributed by atoms with Gasteiger partial charge < -0.3 is 10.2 Å². The molecule has 2 aromatic rings. The van der Waals surface area contributed by atoms with Crippen molar-refractivity contribution < 1.29 is 9.69 Å². The molecule has 1 aromatic carbocycles. The molecular weight excluding hydrogens is 324 g/mol. The fraction of sp³-hybridized carbons (Fsp3) is 0.500. The summed E-state index contributed by atoms with van der Waals surface area (Å²) >= 11 is 5.48. The summed E-state index contributed by atoms with van der Waals surface area (Å²) in [4.78, 5) is 12.8. The van der Waals surface area contributed by atoms with Gasteiger partial charge in [0, 0.05) is 6.54 Å². The topological polar surface area (TPSA) is 69.2 Å². The van der Waals surface area contributed by atoms with Crippen LogP contribution in [0.25, 0.3) is 5.69 Å². The number of carbonyl (C=O) groups is 1. The third kappa shape index (κ3) is 4.72. The number of tetrazole rings is 1. The molecule has 1 unspecified atom stereocenters. The Bertz CT molecular complexity index is 746. The van der Waals surface area contributed by atoms with Crippen molar-refractivity contribution in [2.24, 2.45) is 0 Å². The molecule has 0 saturated heterocycles. The van der Waals surface area contributed by atoms with Gasteiger partial charge in [-0.25, -0.2) is 0 Å². The second-order valence-corrected chi connectivity index (χ2v) is 6.53. The lowest BCUT2D eigenvalue weighted by Gasteiger charge is -2.12. The second-order valence-electron chi connectivity index (χ2n) is 6.16. The molecule has 0 saturated carbocycles. The monoisotopic (exact) mass is 349 g/mol. The molecule has 0 aliphatic rings. The van der Waals surface area contributed by atoms with Gasteiger partial charge in [-0.15, -0.1) is 0 Å². The first-order valence-corrected chi connectivity index (χ1v) is 8.51. The van der Waals surface area contributed by atoms with Crippen LogP contribution in [0.3, 0.4) is 0 Å². The molecule has 0 radical (unpaired) electrons. The first-order valence-electron chi connectivity index (χ1n) is 8.10. The number of nitrogens with one attached hydrogen (secondary N) is 2. The van der Waals surface area contributed by atoms with Gasteiger partial charge in [-0.2, -0.15) is 9.36 Å². The number of amides is 1. The van der Waals surface area contributed by atoms with Crippen molar-refractivity contribution in [3.63, 3.8) is 0 Å². The average molecular weight is 349 g/mol. The maximum Gasteiger partial charge on any atom is 0.275 e. The van der Waals surface area contributed by atoms with Crippen molar-refractivity contribution in [3.05, 3.63) is 34.1 Å². The molecule has 1 aromatic heterocycles. The van der Waals surface area contributed by atoms with E-state index in [1.807, 2.05) is 40.0 Å². The number of hydrogen-bond acceptors (Lipinski definition) is 4. The molecule has 1 heterocycles. The molecule has 2 rings (SSSR count). The Morgan fingerprint density at radius 2 is 1.92 bits per heavy atom. The largest absolute Gasteiger partial charge is 0.351 e. The zero-order chi connectivity index (χ0) is 17.7. The number of hydrogen-bond donors (Lipinski definition) is 2. The molecule has 24 heavy (non-hydrogen) atoms. The zero-order valence-corrected chi connectivity index (χ0v) is 15.5. The van der Waals surface area contributed by atoms with Crippen LogP contribution in [-0.2, 0) is 11.5 Å². The number of aryl methyl sites for hydroxylation is 2. The Kier molecular flexibility index (Phi) is 6.22. The molecule has 1 atom stereocenters. The van der Waals surface area contributed by atoms with Crippen molar-refractivity contribution in [2.75, 3.05) is 20.1 Å². The molecule has 0 fully saturated rings. The zero-order valence-electron chi connectivity index (χ0n) is 14.7. The SMILES string of the molecule is CCCNC(=O)C[NH+](C)Cn1nnn(-c2cc(C)cc(C)c2)c1=S. The Balaban J connectivity index is 2.10. The average Bonchev–Trinajstić information content (AvgIpc) is 2.85. The van der Waals surface area contributed by atoms with E-state index in [9.17, 15) is 4.79 Å². The molecule has 0 bridgehead atoms. The van der Waals surface area contributed by atoms with Crippen molar-refractivity contribution in [3.8, 4) is 5.69 Å². The smallest absolute Gasteiger partial charge is 0.275 e. The van der Waals surface area contributed by atoms with Gasteiger partial charge in [-0.3, -0.25) is 4.79 Å². The molecule has 130 valence electrons. The van der Waals surface area contributed by atoms with Crippen LogP contribution in [-0.4, -0.2) is 45.8 Å². The molecule has 7 nitrogen and oxygen atoms in total. The van der Waals surface area contributed by atoms with Crippen LogP contribution >= 0.6 is 12.2 Å². The third-order valence-electron chi connectivity index (χ3n) is 3.54. The highest BCUT2D eigenvalue weighted by atomic mass is 32.1. The normalized spacial score (nSPS) is 12.2. The van der Waals surface area contributed by atoms with E-state index in [4.69, 9.17) is 12.2 Å². The van der Waals surface area contributed by atoms with Crippen LogP contribution in [0.4, 0.5) is 0 Å². The summed E-state index contributed by atoms with van der Waals surface area (Å²) in [6.45, 7) is 7.67. The molecule has 8 heteroatoms. The Labute approximate surface area is 147 Å². The Morgan fingerprint density at radius 1 is 1.25 bits per heavy atom. The number of aromatic nitrogens is 4. The molecule has 0 aliphatic heterocycles. The van der Waals surface area contributed by atoms with Crippen molar-refractivity contribution in [1.82, 2.24) is 25.1 Å². The summed E-state index contributed by atoms with van der Waals surface area (Å²) in [5.41, 5.74) is 3.20. The molecular formula is C16H25N6OS+. The van der Waals surface area contributed by atoms with Crippen LogP contribution in [0.5, 0.6) is 0 Å². The van der Waals surface area contributed by atoms with Gasteiger partial charge in [0.25, 0.3) is 5.91 Å². The van der Waals surface area contributed by atoms with E-state index in [0.717, 1.165) is 28.1 Å². The van der Waals surface area contributed by atoms with Crippen LogP contribution in [0.1, 0.15) is 24.5 Å². The lowest BCUT2D eigenvalue weighted by Crippen LogP contribution is -3.09. The van der Waals surface area contributed by atoms with Gasteiger partial charge in [-0.1, -0.05) is 13.0 Å². The van der Waals surface area contributed by atoms with E-state index in [1.54, 1.807) is 9.36 Å². The van der Waals surface area contributed by atoms with E-state index >= 15 is 0 Å². The van der Waals surface area contributed by atoms with E-state index in [2.05, 4.69) is 21.8 Å². The number of likely N-dealkylation sites (N-methyl/N-ethyl adjacent to an activating group) is 1. The maximum absolute atomic E-state index is 11.8. The number of rotatable bonds is 7. The van der Waals surface area contributed by atoms with Crippen LogP contribution in [0.2, 0.25) is 0 Å². The number of nitrogens with zero attached hydrogens (tertiary/aromatic N) is 4. The summed E-state index contributed by atoms with van der Waals surface area (Å²) < 4.78 is 3.82. The summed E-state index contributed by atoms with van der Waals surface area (Å²) in [5.74, 6) is 0.0302.